The van der Waals surface area contributed by atoms with E-state index in [1.54, 1.807) is 6.20 Å². The van der Waals surface area contributed by atoms with Gasteiger partial charge in [0.05, 0.1) is 11.9 Å². The normalized spacial score (nSPS) is 28.5. The Morgan fingerprint density at radius 2 is 1.76 bits per heavy atom. The number of carbonyl (C=O) groups is 1. The summed E-state index contributed by atoms with van der Waals surface area (Å²) in [5.74, 6) is 4.22. The minimum Gasteiger partial charge on any atom is -0.397 e. The van der Waals surface area contributed by atoms with Gasteiger partial charge in [-0.05, 0) is 43.4 Å². The number of hydrogen-bond acceptors (Lipinski definition) is 4. The maximum absolute atomic E-state index is 12.1. The molecule has 0 bridgehead atoms. The first-order valence-electron chi connectivity index (χ1n) is 9.63. The molecule has 2 atom stereocenters. The largest absolute Gasteiger partial charge is 0.397 e. The van der Waals surface area contributed by atoms with Gasteiger partial charge in [0.1, 0.15) is 11.6 Å². The first-order chi connectivity index (χ1) is 12.2. The summed E-state index contributed by atoms with van der Waals surface area (Å²) < 4.78 is 0. The number of ketones is 1. The van der Waals surface area contributed by atoms with Crippen molar-refractivity contribution >= 4 is 28.1 Å². The van der Waals surface area contributed by atoms with Crippen molar-refractivity contribution < 1.29 is 4.79 Å². The molecule has 2 unspecified atom stereocenters. The molecule has 4 heteroatoms. The summed E-state index contributed by atoms with van der Waals surface area (Å²) in [6.07, 6.45) is 7.31. The van der Waals surface area contributed by atoms with Gasteiger partial charge in [0.25, 0.3) is 0 Å². The minimum atomic E-state index is 0.423. The van der Waals surface area contributed by atoms with E-state index in [0.29, 0.717) is 17.6 Å². The van der Waals surface area contributed by atoms with Crippen molar-refractivity contribution in [3.8, 4) is 0 Å². The second kappa shape index (κ2) is 5.72. The molecule has 0 amide bonds. The molecule has 1 aromatic heterocycles. The monoisotopic (exact) mass is 335 g/mol. The lowest BCUT2D eigenvalue weighted by Gasteiger charge is -2.24. The molecule has 1 saturated heterocycles. The van der Waals surface area contributed by atoms with Crippen LogP contribution in [0.3, 0.4) is 0 Å². The highest BCUT2D eigenvalue weighted by Crippen LogP contribution is 2.55. The Bertz CT molecular complexity index is 815. The number of pyridine rings is 1. The fourth-order valence-corrected chi connectivity index (χ4v) is 4.87. The third-order valence-corrected chi connectivity index (χ3v) is 6.55. The summed E-state index contributed by atoms with van der Waals surface area (Å²) >= 11 is 0. The molecule has 5 rings (SSSR count). The van der Waals surface area contributed by atoms with Crippen molar-refractivity contribution in [3.63, 3.8) is 0 Å². The number of anilines is 2. The SMILES string of the molecule is Nc1cnc(N2CCC3C(CC2)C3CC(=O)C2CC2)c2ccccc12. The van der Waals surface area contributed by atoms with Crippen molar-refractivity contribution in [2.75, 3.05) is 23.7 Å². The van der Waals surface area contributed by atoms with E-state index in [0.717, 1.165) is 66.5 Å². The molecule has 0 radical (unpaired) electrons. The second-order valence-corrected chi connectivity index (χ2v) is 8.08. The van der Waals surface area contributed by atoms with Crippen LogP contribution in [0.4, 0.5) is 11.5 Å². The van der Waals surface area contributed by atoms with E-state index < -0.39 is 0 Å². The molecule has 2 aromatic rings. The van der Waals surface area contributed by atoms with Gasteiger partial charge >= 0.3 is 0 Å². The zero-order valence-electron chi connectivity index (χ0n) is 14.5. The number of carbonyl (C=O) groups excluding carboxylic acids is 1. The predicted molar refractivity (Wildman–Crippen MR) is 100 cm³/mol. The molecule has 4 nitrogen and oxygen atoms in total. The van der Waals surface area contributed by atoms with E-state index in [9.17, 15) is 4.79 Å². The lowest BCUT2D eigenvalue weighted by molar-refractivity contribution is -0.120. The third kappa shape index (κ3) is 2.68. The number of hydrogen-bond donors (Lipinski definition) is 1. The maximum Gasteiger partial charge on any atom is 0.136 e. The molecule has 25 heavy (non-hydrogen) atoms. The molecular formula is C21H25N3O. The van der Waals surface area contributed by atoms with Crippen LogP contribution in [0.1, 0.15) is 32.1 Å². The minimum absolute atomic E-state index is 0.423. The van der Waals surface area contributed by atoms with Crippen LogP contribution in [0.15, 0.2) is 30.5 Å². The van der Waals surface area contributed by atoms with E-state index in [4.69, 9.17) is 5.73 Å². The Balaban J connectivity index is 1.31. The van der Waals surface area contributed by atoms with Gasteiger partial charge in [-0.15, -0.1) is 0 Å². The predicted octanol–water partition coefficient (Wildman–Crippen LogP) is 3.65. The van der Waals surface area contributed by atoms with Crippen LogP contribution in [0.25, 0.3) is 10.8 Å². The second-order valence-electron chi connectivity index (χ2n) is 8.08. The lowest BCUT2D eigenvalue weighted by atomic mass is 10.1. The molecule has 2 heterocycles. The topological polar surface area (TPSA) is 59.2 Å². The highest BCUT2D eigenvalue weighted by Gasteiger charge is 2.51. The van der Waals surface area contributed by atoms with Crippen LogP contribution >= 0.6 is 0 Å². The molecule has 1 aliphatic heterocycles. The highest BCUT2D eigenvalue weighted by molar-refractivity contribution is 5.99. The smallest absolute Gasteiger partial charge is 0.136 e. The number of benzene rings is 1. The van der Waals surface area contributed by atoms with Crippen LogP contribution in [-0.4, -0.2) is 23.9 Å². The van der Waals surface area contributed by atoms with Crippen molar-refractivity contribution in [2.24, 2.45) is 23.7 Å². The summed E-state index contributed by atoms with van der Waals surface area (Å²) in [4.78, 5) is 19.2. The number of fused-ring (bicyclic) bond motifs is 2. The summed E-state index contributed by atoms with van der Waals surface area (Å²) in [6.45, 7) is 2.08. The van der Waals surface area contributed by atoms with E-state index in [2.05, 4.69) is 28.1 Å². The van der Waals surface area contributed by atoms with E-state index in [1.165, 1.54) is 12.8 Å². The van der Waals surface area contributed by atoms with Gasteiger partial charge in [-0.3, -0.25) is 4.79 Å². The molecule has 2 N–H and O–H groups in total. The standard InChI is InChI=1S/C21H25N3O/c22-19-12-23-21(17-4-2-1-3-16(17)19)24-9-7-14-15(8-10-24)18(14)11-20(25)13-5-6-13/h1-4,12-15,18H,5-11,22H2. The van der Waals surface area contributed by atoms with Gasteiger partial charge in [-0.25, -0.2) is 4.98 Å². The van der Waals surface area contributed by atoms with E-state index in [-0.39, 0.29) is 0 Å². The average molecular weight is 335 g/mol. The summed E-state index contributed by atoms with van der Waals surface area (Å²) in [7, 11) is 0. The van der Waals surface area contributed by atoms with Crippen LogP contribution in [0.2, 0.25) is 0 Å². The quantitative estimate of drug-likeness (QED) is 0.926. The third-order valence-electron chi connectivity index (χ3n) is 6.55. The fourth-order valence-electron chi connectivity index (χ4n) is 4.87. The van der Waals surface area contributed by atoms with Gasteiger partial charge in [-0.2, -0.15) is 0 Å². The fraction of sp³-hybridized carbons (Fsp3) is 0.524. The van der Waals surface area contributed by atoms with Gasteiger partial charge < -0.3 is 10.6 Å². The van der Waals surface area contributed by atoms with Crippen LogP contribution in [0.5, 0.6) is 0 Å². The zero-order valence-corrected chi connectivity index (χ0v) is 14.5. The zero-order chi connectivity index (χ0) is 17.0. The Labute approximate surface area is 148 Å². The Morgan fingerprint density at radius 1 is 1.08 bits per heavy atom. The molecule has 0 spiro atoms. The number of rotatable bonds is 4. The summed E-state index contributed by atoms with van der Waals surface area (Å²) in [5, 5.41) is 2.24. The molecule has 1 aromatic carbocycles. The molecular weight excluding hydrogens is 310 g/mol. The maximum atomic E-state index is 12.1. The van der Waals surface area contributed by atoms with Gasteiger partial charge in [0.15, 0.2) is 0 Å². The average Bonchev–Trinajstić information content (AvgIpc) is 3.52. The number of nitrogen functional groups attached to an aromatic ring is 1. The van der Waals surface area contributed by atoms with Crippen molar-refractivity contribution in [2.45, 2.75) is 32.1 Å². The van der Waals surface area contributed by atoms with Crippen LogP contribution < -0.4 is 10.6 Å². The van der Waals surface area contributed by atoms with Crippen LogP contribution in [0, 0.1) is 23.7 Å². The molecule has 3 fully saturated rings. The van der Waals surface area contributed by atoms with Gasteiger partial charge in [0.2, 0.25) is 0 Å². The van der Waals surface area contributed by atoms with Crippen molar-refractivity contribution in [3.05, 3.63) is 30.5 Å². The Morgan fingerprint density at radius 3 is 2.44 bits per heavy atom. The van der Waals surface area contributed by atoms with Crippen molar-refractivity contribution in [1.29, 1.82) is 0 Å². The molecule has 3 aliphatic rings. The van der Waals surface area contributed by atoms with E-state index in [1.807, 2.05) is 6.07 Å². The number of aromatic nitrogens is 1. The molecule has 2 aliphatic carbocycles. The first-order valence-corrected chi connectivity index (χ1v) is 9.63. The summed E-state index contributed by atoms with van der Waals surface area (Å²) in [6, 6.07) is 8.28. The van der Waals surface area contributed by atoms with Crippen molar-refractivity contribution in [1.82, 2.24) is 4.98 Å². The van der Waals surface area contributed by atoms with Gasteiger partial charge in [-0.1, -0.05) is 24.3 Å². The Hall–Kier alpha value is -2.10. The lowest BCUT2D eigenvalue weighted by Crippen LogP contribution is -2.26. The number of Topliss-reactive ketones (excluding diaryl/α,β-unsaturated/α-hetero) is 1. The highest BCUT2D eigenvalue weighted by atomic mass is 16.1. The van der Waals surface area contributed by atoms with Crippen LogP contribution in [-0.2, 0) is 4.79 Å². The summed E-state index contributed by atoms with van der Waals surface area (Å²) in [5.41, 5.74) is 6.84. The molecule has 130 valence electrons. The number of nitrogens with two attached hydrogens (primary N) is 1. The Kier molecular flexibility index (Phi) is 3.47. The number of nitrogens with zero attached hydrogens (tertiary/aromatic N) is 2. The van der Waals surface area contributed by atoms with Gasteiger partial charge in [0, 0.05) is 36.2 Å². The van der Waals surface area contributed by atoms with E-state index >= 15 is 0 Å². The first kappa shape index (κ1) is 15.2. The molecule has 2 saturated carbocycles.